The molecular weight excluding hydrogens is 291 g/mol. The molecule has 0 aliphatic heterocycles. The van der Waals surface area contributed by atoms with Crippen LogP contribution < -0.4 is 5.32 Å². The van der Waals surface area contributed by atoms with Crippen LogP contribution in [0, 0.1) is 5.82 Å². The highest BCUT2D eigenvalue weighted by molar-refractivity contribution is 5.95. The number of carbonyl (C=O) groups is 1. The minimum atomic E-state index is -0.430. The van der Waals surface area contributed by atoms with Crippen LogP contribution >= 0.6 is 0 Å². The van der Waals surface area contributed by atoms with E-state index in [4.69, 9.17) is 0 Å². The molecular formula is C19H15FN2O. The molecule has 0 spiro atoms. The molecule has 1 aromatic heterocycles. The molecule has 0 fully saturated rings. The van der Waals surface area contributed by atoms with Crippen LogP contribution in [0.4, 0.5) is 4.39 Å². The summed E-state index contributed by atoms with van der Waals surface area (Å²) in [7, 11) is 0. The molecule has 0 atom stereocenters. The Hall–Kier alpha value is -3.01. The first-order valence-corrected chi connectivity index (χ1v) is 7.25. The van der Waals surface area contributed by atoms with Crippen molar-refractivity contribution in [1.29, 1.82) is 0 Å². The number of halogens is 1. The van der Waals surface area contributed by atoms with E-state index < -0.39 is 5.82 Å². The Kier molecular flexibility index (Phi) is 4.43. The van der Waals surface area contributed by atoms with E-state index in [-0.39, 0.29) is 5.91 Å². The average molecular weight is 306 g/mol. The molecule has 0 radical (unpaired) electrons. The summed E-state index contributed by atoms with van der Waals surface area (Å²) >= 11 is 0. The summed E-state index contributed by atoms with van der Waals surface area (Å²) in [5.41, 5.74) is 2.79. The number of carbonyl (C=O) groups excluding carboxylic acids is 1. The van der Waals surface area contributed by atoms with Crippen molar-refractivity contribution >= 4 is 5.91 Å². The van der Waals surface area contributed by atoms with Crippen molar-refractivity contribution in [1.82, 2.24) is 10.3 Å². The molecule has 2 aromatic carbocycles. The number of pyridine rings is 1. The molecule has 0 aliphatic rings. The second-order valence-corrected chi connectivity index (χ2v) is 5.13. The first kappa shape index (κ1) is 14.9. The van der Waals surface area contributed by atoms with Crippen LogP contribution in [0.1, 0.15) is 15.9 Å². The molecule has 1 heterocycles. The Bertz CT molecular complexity index is 804. The number of rotatable bonds is 4. The van der Waals surface area contributed by atoms with Crippen molar-refractivity contribution in [3.05, 3.63) is 90.0 Å². The third-order valence-electron chi connectivity index (χ3n) is 3.47. The zero-order valence-electron chi connectivity index (χ0n) is 12.4. The van der Waals surface area contributed by atoms with Gasteiger partial charge < -0.3 is 5.32 Å². The summed E-state index contributed by atoms with van der Waals surface area (Å²) in [4.78, 5) is 16.2. The maximum absolute atomic E-state index is 13.8. The largest absolute Gasteiger partial charge is 0.348 e. The summed E-state index contributed by atoms with van der Waals surface area (Å²) in [5.74, 6) is -0.737. The Labute approximate surface area is 133 Å². The van der Waals surface area contributed by atoms with Crippen molar-refractivity contribution in [2.24, 2.45) is 0 Å². The number of hydrogen-bond donors (Lipinski definition) is 1. The first-order chi connectivity index (χ1) is 11.2. The van der Waals surface area contributed by atoms with Crippen molar-refractivity contribution < 1.29 is 9.18 Å². The van der Waals surface area contributed by atoms with Crippen LogP contribution in [-0.2, 0) is 6.54 Å². The van der Waals surface area contributed by atoms with E-state index in [2.05, 4.69) is 10.3 Å². The lowest BCUT2D eigenvalue weighted by atomic mass is 10.0. The van der Waals surface area contributed by atoms with Gasteiger partial charge in [-0.25, -0.2) is 4.39 Å². The number of benzene rings is 2. The van der Waals surface area contributed by atoms with Gasteiger partial charge in [0.2, 0.25) is 0 Å². The van der Waals surface area contributed by atoms with E-state index in [9.17, 15) is 9.18 Å². The summed E-state index contributed by atoms with van der Waals surface area (Å²) in [6, 6.07) is 17.4. The zero-order valence-corrected chi connectivity index (χ0v) is 12.4. The Morgan fingerprint density at radius 3 is 2.43 bits per heavy atom. The fraction of sp³-hybridized carbons (Fsp3) is 0.0526. The van der Waals surface area contributed by atoms with E-state index in [0.717, 1.165) is 11.1 Å². The smallest absolute Gasteiger partial charge is 0.251 e. The van der Waals surface area contributed by atoms with Gasteiger partial charge >= 0.3 is 0 Å². The van der Waals surface area contributed by atoms with Gasteiger partial charge in [-0.1, -0.05) is 30.3 Å². The zero-order chi connectivity index (χ0) is 16.1. The number of hydrogen-bond acceptors (Lipinski definition) is 2. The van der Waals surface area contributed by atoms with E-state index >= 15 is 0 Å². The molecule has 0 unspecified atom stereocenters. The predicted octanol–water partition coefficient (Wildman–Crippen LogP) is 3.82. The predicted molar refractivity (Wildman–Crippen MR) is 87.2 cm³/mol. The lowest BCUT2D eigenvalue weighted by Crippen LogP contribution is -2.23. The topological polar surface area (TPSA) is 42.0 Å². The lowest BCUT2D eigenvalue weighted by Gasteiger charge is -2.08. The Balaban J connectivity index is 1.79. The molecule has 0 aliphatic carbocycles. The molecule has 4 heteroatoms. The molecule has 3 aromatic rings. The molecule has 1 N–H and O–H groups in total. The van der Waals surface area contributed by atoms with E-state index in [1.807, 2.05) is 42.5 Å². The first-order valence-electron chi connectivity index (χ1n) is 7.25. The van der Waals surface area contributed by atoms with Gasteiger partial charge in [-0.2, -0.15) is 0 Å². The SMILES string of the molecule is O=C(NCc1ccncc1)c1cc(F)cc(-c2ccccc2)c1. The summed E-state index contributed by atoms with van der Waals surface area (Å²) in [5, 5.41) is 2.79. The third kappa shape index (κ3) is 3.80. The average Bonchev–Trinajstić information content (AvgIpc) is 2.61. The highest BCUT2D eigenvalue weighted by Crippen LogP contribution is 2.21. The minimum Gasteiger partial charge on any atom is -0.348 e. The van der Waals surface area contributed by atoms with Crippen LogP contribution in [-0.4, -0.2) is 10.9 Å². The van der Waals surface area contributed by atoms with Gasteiger partial charge in [-0.3, -0.25) is 9.78 Å². The molecule has 23 heavy (non-hydrogen) atoms. The van der Waals surface area contributed by atoms with Gasteiger partial charge in [-0.05, 0) is 47.0 Å². The Morgan fingerprint density at radius 2 is 1.70 bits per heavy atom. The van der Waals surface area contributed by atoms with Crippen molar-refractivity contribution in [3.8, 4) is 11.1 Å². The van der Waals surface area contributed by atoms with Crippen LogP contribution in [0.2, 0.25) is 0 Å². The number of nitrogens with zero attached hydrogens (tertiary/aromatic N) is 1. The number of amides is 1. The maximum Gasteiger partial charge on any atom is 0.251 e. The van der Waals surface area contributed by atoms with Crippen molar-refractivity contribution in [2.45, 2.75) is 6.54 Å². The van der Waals surface area contributed by atoms with E-state index in [1.165, 1.54) is 12.1 Å². The summed E-state index contributed by atoms with van der Waals surface area (Å²) < 4.78 is 13.8. The molecule has 0 saturated carbocycles. The molecule has 0 bridgehead atoms. The fourth-order valence-electron chi connectivity index (χ4n) is 2.30. The molecule has 0 saturated heterocycles. The van der Waals surface area contributed by atoms with Gasteiger partial charge in [0, 0.05) is 24.5 Å². The molecule has 114 valence electrons. The van der Waals surface area contributed by atoms with Gasteiger partial charge in [0.15, 0.2) is 0 Å². The molecule has 3 nitrogen and oxygen atoms in total. The number of nitrogens with one attached hydrogen (secondary N) is 1. The normalized spacial score (nSPS) is 10.3. The highest BCUT2D eigenvalue weighted by atomic mass is 19.1. The molecule has 1 amide bonds. The van der Waals surface area contributed by atoms with Gasteiger partial charge in [0.05, 0.1) is 0 Å². The minimum absolute atomic E-state index is 0.304. The lowest BCUT2D eigenvalue weighted by molar-refractivity contribution is 0.0950. The van der Waals surface area contributed by atoms with Crippen LogP contribution in [0.3, 0.4) is 0 Å². The van der Waals surface area contributed by atoms with Gasteiger partial charge in [-0.15, -0.1) is 0 Å². The van der Waals surface area contributed by atoms with E-state index in [0.29, 0.717) is 17.7 Å². The second-order valence-electron chi connectivity index (χ2n) is 5.13. The quantitative estimate of drug-likeness (QED) is 0.796. The van der Waals surface area contributed by atoms with Crippen molar-refractivity contribution in [2.75, 3.05) is 0 Å². The van der Waals surface area contributed by atoms with E-state index in [1.54, 1.807) is 18.5 Å². The summed E-state index contributed by atoms with van der Waals surface area (Å²) in [6.07, 6.45) is 3.33. The maximum atomic E-state index is 13.8. The van der Waals surface area contributed by atoms with Gasteiger partial charge in [0.25, 0.3) is 5.91 Å². The number of aromatic nitrogens is 1. The van der Waals surface area contributed by atoms with Crippen LogP contribution in [0.5, 0.6) is 0 Å². The standard InChI is InChI=1S/C19H15FN2O/c20-18-11-16(15-4-2-1-3-5-15)10-17(12-18)19(23)22-13-14-6-8-21-9-7-14/h1-12H,13H2,(H,22,23). The fourth-order valence-corrected chi connectivity index (χ4v) is 2.30. The third-order valence-corrected chi connectivity index (χ3v) is 3.47. The monoisotopic (exact) mass is 306 g/mol. The highest BCUT2D eigenvalue weighted by Gasteiger charge is 2.10. The Morgan fingerprint density at radius 1 is 0.957 bits per heavy atom. The van der Waals surface area contributed by atoms with Crippen LogP contribution in [0.25, 0.3) is 11.1 Å². The molecule has 3 rings (SSSR count). The summed E-state index contributed by atoms with van der Waals surface area (Å²) in [6.45, 7) is 0.374. The van der Waals surface area contributed by atoms with Gasteiger partial charge in [0.1, 0.15) is 5.82 Å². The second kappa shape index (κ2) is 6.83. The van der Waals surface area contributed by atoms with Crippen LogP contribution in [0.15, 0.2) is 73.1 Å². The van der Waals surface area contributed by atoms with Crippen molar-refractivity contribution in [3.63, 3.8) is 0 Å².